The largest absolute Gasteiger partial charge is 0.288 e. The van der Waals surface area contributed by atoms with Crippen LogP contribution in [0.15, 0.2) is 78.9 Å². The van der Waals surface area contributed by atoms with Gasteiger partial charge in [-0.2, -0.15) is 0 Å². The molecule has 0 unspecified atom stereocenters. The lowest BCUT2D eigenvalue weighted by Crippen LogP contribution is -2.02. The van der Waals surface area contributed by atoms with Crippen LogP contribution < -0.4 is 0 Å². The summed E-state index contributed by atoms with van der Waals surface area (Å²) in [6.07, 6.45) is 0. The Labute approximate surface area is 145 Å². The maximum Gasteiger partial charge on any atom is 0.203 e. The van der Waals surface area contributed by atoms with E-state index in [-0.39, 0.29) is 5.78 Å². The van der Waals surface area contributed by atoms with E-state index >= 15 is 0 Å². The molecule has 0 bridgehead atoms. The number of carbonyl (C=O) groups excluding carboxylic acids is 1. The van der Waals surface area contributed by atoms with E-state index < -0.39 is 0 Å². The van der Waals surface area contributed by atoms with Crippen molar-refractivity contribution >= 4 is 27.9 Å². The topological polar surface area (TPSA) is 17.1 Å². The molecule has 0 atom stereocenters. The first-order valence-electron chi connectivity index (χ1n) is 7.92. The predicted octanol–water partition coefficient (Wildman–Crippen LogP) is 6.11. The molecule has 2 heteroatoms. The first-order chi connectivity index (χ1) is 11.7. The van der Waals surface area contributed by atoms with E-state index in [1.807, 2.05) is 61.5 Å². The molecule has 0 amide bonds. The lowest BCUT2D eigenvalue weighted by molar-refractivity contribution is 0.104. The molecule has 116 valence electrons. The van der Waals surface area contributed by atoms with E-state index in [2.05, 4.69) is 24.3 Å². The van der Waals surface area contributed by atoms with Crippen molar-refractivity contribution in [2.75, 3.05) is 0 Å². The van der Waals surface area contributed by atoms with Gasteiger partial charge in [0.05, 0.1) is 4.88 Å². The smallest absolute Gasteiger partial charge is 0.203 e. The third-order valence-corrected chi connectivity index (χ3v) is 5.39. The zero-order valence-corrected chi connectivity index (χ0v) is 14.1. The molecule has 0 saturated heterocycles. The molecule has 0 fully saturated rings. The van der Waals surface area contributed by atoms with Gasteiger partial charge in [0.1, 0.15) is 0 Å². The first kappa shape index (κ1) is 14.9. The lowest BCUT2D eigenvalue weighted by atomic mass is 9.96. The van der Waals surface area contributed by atoms with E-state index in [0.29, 0.717) is 0 Å². The summed E-state index contributed by atoms with van der Waals surface area (Å²) in [7, 11) is 0. The minimum absolute atomic E-state index is 0.108. The van der Waals surface area contributed by atoms with Gasteiger partial charge in [-0.3, -0.25) is 4.79 Å². The molecule has 3 aromatic carbocycles. The molecule has 4 rings (SSSR count). The van der Waals surface area contributed by atoms with Gasteiger partial charge >= 0.3 is 0 Å². The van der Waals surface area contributed by atoms with Gasteiger partial charge in [-0.05, 0) is 41.0 Å². The Bertz CT molecular complexity index is 1030. The second-order valence-corrected chi connectivity index (χ2v) is 6.92. The van der Waals surface area contributed by atoms with E-state index in [0.717, 1.165) is 37.2 Å². The number of thiophene rings is 1. The van der Waals surface area contributed by atoms with Crippen LogP contribution in [0.2, 0.25) is 0 Å². The highest BCUT2D eigenvalue weighted by Gasteiger charge is 2.17. The Hall–Kier alpha value is -2.71. The average Bonchev–Trinajstić information content (AvgIpc) is 3.12. The van der Waals surface area contributed by atoms with Gasteiger partial charge in [-0.25, -0.2) is 0 Å². The maximum absolute atomic E-state index is 13.1. The molecule has 24 heavy (non-hydrogen) atoms. The summed E-state index contributed by atoms with van der Waals surface area (Å²) in [5, 5.41) is 2.13. The third kappa shape index (κ3) is 2.55. The first-order valence-corrected chi connectivity index (χ1v) is 8.74. The van der Waals surface area contributed by atoms with Crippen molar-refractivity contribution in [2.24, 2.45) is 0 Å². The molecule has 0 aliphatic rings. The van der Waals surface area contributed by atoms with Gasteiger partial charge in [0.2, 0.25) is 5.78 Å². The van der Waals surface area contributed by atoms with Gasteiger partial charge < -0.3 is 0 Å². The molecule has 1 heterocycles. The van der Waals surface area contributed by atoms with Crippen molar-refractivity contribution in [3.8, 4) is 10.4 Å². The van der Waals surface area contributed by atoms with E-state index in [1.165, 1.54) is 0 Å². The minimum atomic E-state index is 0.108. The van der Waals surface area contributed by atoms with Gasteiger partial charge in [0.15, 0.2) is 0 Å². The number of hydrogen-bond donors (Lipinski definition) is 0. The van der Waals surface area contributed by atoms with Crippen LogP contribution in [0.4, 0.5) is 0 Å². The zero-order valence-electron chi connectivity index (χ0n) is 13.3. The highest BCUT2D eigenvalue weighted by atomic mass is 32.1. The number of rotatable bonds is 3. The highest BCUT2D eigenvalue weighted by molar-refractivity contribution is 7.17. The van der Waals surface area contributed by atoms with Crippen molar-refractivity contribution < 1.29 is 4.79 Å². The lowest BCUT2D eigenvalue weighted by Gasteiger charge is -2.08. The van der Waals surface area contributed by atoms with Gasteiger partial charge in [-0.15, -0.1) is 11.3 Å². The summed E-state index contributed by atoms with van der Waals surface area (Å²) in [5.41, 5.74) is 2.99. The fourth-order valence-corrected chi connectivity index (χ4v) is 3.98. The maximum atomic E-state index is 13.1. The van der Waals surface area contributed by atoms with Gasteiger partial charge in [0, 0.05) is 10.4 Å². The highest BCUT2D eigenvalue weighted by Crippen LogP contribution is 2.31. The average molecular weight is 328 g/mol. The quantitative estimate of drug-likeness (QED) is 0.415. The number of fused-ring (bicyclic) bond motifs is 1. The fourth-order valence-electron chi connectivity index (χ4n) is 3.02. The second-order valence-electron chi connectivity index (χ2n) is 5.84. The molecule has 1 aromatic heterocycles. The van der Waals surface area contributed by atoms with Crippen LogP contribution in [-0.2, 0) is 0 Å². The molecule has 4 aromatic rings. The van der Waals surface area contributed by atoms with Crippen molar-refractivity contribution in [3.63, 3.8) is 0 Å². The summed E-state index contributed by atoms with van der Waals surface area (Å²) in [4.78, 5) is 15.0. The summed E-state index contributed by atoms with van der Waals surface area (Å²) in [6.45, 7) is 2.01. The number of benzene rings is 3. The van der Waals surface area contributed by atoms with Crippen molar-refractivity contribution in [3.05, 3.63) is 94.9 Å². The third-order valence-electron chi connectivity index (χ3n) is 4.25. The molecule has 1 nitrogen and oxygen atoms in total. The number of ketones is 1. The molecular formula is C22H16OS. The Morgan fingerprint density at radius 2 is 1.54 bits per heavy atom. The minimum Gasteiger partial charge on any atom is -0.288 e. The molecule has 0 N–H and O–H groups in total. The molecule has 0 saturated carbocycles. The molecule has 0 aliphatic carbocycles. The van der Waals surface area contributed by atoms with Gasteiger partial charge in [0.25, 0.3) is 0 Å². The number of carbonyl (C=O) groups is 1. The predicted molar refractivity (Wildman–Crippen MR) is 102 cm³/mol. The van der Waals surface area contributed by atoms with Crippen LogP contribution in [0.1, 0.15) is 20.8 Å². The molecular weight excluding hydrogens is 312 g/mol. The molecule has 0 spiro atoms. The van der Waals surface area contributed by atoms with Gasteiger partial charge in [-0.1, -0.05) is 66.7 Å². The Morgan fingerprint density at radius 1 is 0.792 bits per heavy atom. The van der Waals surface area contributed by atoms with Crippen molar-refractivity contribution in [1.82, 2.24) is 0 Å². The van der Waals surface area contributed by atoms with Crippen LogP contribution in [0, 0.1) is 6.92 Å². The van der Waals surface area contributed by atoms with Crippen LogP contribution in [0.3, 0.4) is 0 Å². The number of aryl methyl sites for hydroxylation is 1. The number of hydrogen-bond acceptors (Lipinski definition) is 2. The Kier molecular flexibility index (Phi) is 3.75. The fraction of sp³-hybridized carbons (Fsp3) is 0.0455. The summed E-state index contributed by atoms with van der Waals surface area (Å²) < 4.78 is 0. The monoisotopic (exact) mass is 328 g/mol. The van der Waals surface area contributed by atoms with Crippen molar-refractivity contribution in [1.29, 1.82) is 0 Å². The summed E-state index contributed by atoms with van der Waals surface area (Å²) >= 11 is 1.56. The van der Waals surface area contributed by atoms with Crippen LogP contribution in [0.5, 0.6) is 0 Å². The van der Waals surface area contributed by atoms with E-state index in [9.17, 15) is 4.79 Å². The van der Waals surface area contributed by atoms with E-state index in [1.54, 1.807) is 11.3 Å². The van der Waals surface area contributed by atoms with E-state index in [4.69, 9.17) is 0 Å². The standard InChI is InChI=1S/C22H16OS/c1-15-11-12-16-7-5-6-10-18(16)21(15)22(23)20-14-13-19(24-20)17-8-3-2-4-9-17/h2-14H,1H3. The molecule has 0 radical (unpaired) electrons. The van der Waals surface area contributed by atoms with Crippen LogP contribution in [-0.4, -0.2) is 5.78 Å². The summed E-state index contributed by atoms with van der Waals surface area (Å²) in [6, 6.07) is 26.3. The molecule has 0 aliphatic heterocycles. The van der Waals surface area contributed by atoms with Crippen molar-refractivity contribution in [2.45, 2.75) is 6.92 Å². The van der Waals surface area contributed by atoms with Crippen LogP contribution in [0.25, 0.3) is 21.2 Å². The summed E-state index contributed by atoms with van der Waals surface area (Å²) in [5.74, 6) is 0.108. The Balaban J connectivity index is 1.81. The zero-order chi connectivity index (χ0) is 16.5. The van der Waals surface area contributed by atoms with Crippen LogP contribution >= 0.6 is 11.3 Å². The normalized spacial score (nSPS) is 10.9. The second kappa shape index (κ2) is 6.06. The SMILES string of the molecule is Cc1ccc2ccccc2c1C(=O)c1ccc(-c2ccccc2)s1. The Morgan fingerprint density at radius 3 is 2.38 bits per heavy atom.